The summed E-state index contributed by atoms with van der Waals surface area (Å²) in [5.74, 6) is -0.293. The molecule has 0 saturated carbocycles. The summed E-state index contributed by atoms with van der Waals surface area (Å²) in [4.78, 5) is 13.9. The van der Waals surface area contributed by atoms with Crippen LogP contribution in [0.1, 0.15) is 12.5 Å². The second-order valence-corrected chi connectivity index (χ2v) is 4.14. The number of anilines is 1. The van der Waals surface area contributed by atoms with Gasteiger partial charge in [0.25, 0.3) is 0 Å². The molecule has 92 valence electrons. The Morgan fingerprint density at radius 2 is 2.22 bits per heavy atom. The Bertz CT molecular complexity index is 561. The molecule has 2 aliphatic heterocycles. The van der Waals surface area contributed by atoms with E-state index in [9.17, 15) is 4.79 Å². The topological polar surface area (TPSA) is 41.6 Å². The van der Waals surface area contributed by atoms with Crippen molar-refractivity contribution in [2.24, 2.45) is 0 Å². The number of rotatable bonds is 2. The average Bonchev–Trinajstić information content (AvgIpc) is 2.83. The fraction of sp³-hybridized carbons (Fsp3) is 0.214. The third kappa shape index (κ3) is 1.57. The molecule has 4 nitrogen and oxygen atoms in total. The molecule has 3 rings (SSSR count). The molecule has 1 N–H and O–H groups in total. The van der Waals surface area contributed by atoms with Crippen LogP contribution in [0.15, 0.2) is 41.7 Å². The van der Waals surface area contributed by atoms with Crippen LogP contribution in [0.3, 0.4) is 0 Å². The number of benzene rings is 1. The van der Waals surface area contributed by atoms with E-state index >= 15 is 0 Å². The van der Waals surface area contributed by atoms with Crippen LogP contribution in [-0.4, -0.2) is 19.2 Å². The molecular weight excluding hydrogens is 228 g/mol. The molecule has 4 heteroatoms. The zero-order valence-electron chi connectivity index (χ0n) is 10.1. The summed E-state index contributed by atoms with van der Waals surface area (Å²) < 4.78 is 5.04. The van der Waals surface area contributed by atoms with Crippen LogP contribution in [0, 0.1) is 0 Å². The molecule has 0 amide bonds. The van der Waals surface area contributed by atoms with Gasteiger partial charge in [-0.1, -0.05) is 24.3 Å². The summed E-state index contributed by atoms with van der Waals surface area (Å²) in [6.07, 6.45) is 3.97. The molecule has 0 unspecified atom stereocenters. The minimum absolute atomic E-state index is 0.293. The fourth-order valence-electron chi connectivity index (χ4n) is 2.28. The number of hydrogen-bond acceptors (Lipinski definition) is 4. The Morgan fingerprint density at radius 1 is 1.39 bits per heavy atom. The Kier molecular flexibility index (Phi) is 2.55. The first-order chi connectivity index (χ1) is 8.81. The van der Waals surface area contributed by atoms with Crippen LogP contribution in [0.5, 0.6) is 0 Å². The van der Waals surface area contributed by atoms with E-state index in [-0.39, 0.29) is 5.97 Å². The van der Waals surface area contributed by atoms with Crippen molar-refractivity contribution in [1.29, 1.82) is 0 Å². The zero-order valence-corrected chi connectivity index (χ0v) is 10.1. The molecule has 1 aromatic rings. The van der Waals surface area contributed by atoms with E-state index in [4.69, 9.17) is 4.74 Å². The quantitative estimate of drug-likeness (QED) is 0.804. The number of para-hydroxylation sites is 1. The van der Waals surface area contributed by atoms with Gasteiger partial charge in [-0.05, 0) is 24.6 Å². The summed E-state index contributed by atoms with van der Waals surface area (Å²) in [5.41, 5.74) is 3.70. The molecule has 18 heavy (non-hydrogen) atoms. The van der Waals surface area contributed by atoms with Gasteiger partial charge in [-0.3, -0.25) is 0 Å². The van der Waals surface area contributed by atoms with Gasteiger partial charge in [0.1, 0.15) is 5.70 Å². The van der Waals surface area contributed by atoms with E-state index in [0.717, 1.165) is 16.9 Å². The highest BCUT2D eigenvalue weighted by Crippen LogP contribution is 2.33. The molecule has 0 spiro atoms. The lowest BCUT2D eigenvalue weighted by atomic mass is 10.1. The van der Waals surface area contributed by atoms with Crippen LogP contribution in [0.4, 0.5) is 5.69 Å². The number of allylic oxidation sites excluding steroid dienone is 1. The van der Waals surface area contributed by atoms with E-state index in [1.54, 1.807) is 0 Å². The van der Waals surface area contributed by atoms with Gasteiger partial charge in [0.2, 0.25) is 0 Å². The van der Waals surface area contributed by atoms with Crippen LogP contribution >= 0.6 is 0 Å². The maximum absolute atomic E-state index is 11.8. The van der Waals surface area contributed by atoms with Crippen LogP contribution in [0.25, 0.3) is 6.08 Å². The van der Waals surface area contributed by atoms with Crippen molar-refractivity contribution in [3.8, 4) is 0 Å². The molecule has 0 aliphatic carbocycles. The summed E-state index contributed by atoms with van der Waals surface area (Å²) in [6, 6.07) is 8.12. The normalized spacial score (nSPS) is 16.2. The SMILES string of the molecule is CCOC(=O)C1=C2C=Cc3ccccc3N2CN1. The zero-order chi connectivity index (χ0) is 12.5. The third-order valence-corrected chi connectivity index (χ3v) is 3.09. The van der Waals surface area contributed by atoms with Gasteiger partial charge in [-0.2, -0.15) is 0 Å². The number of fused-ring (bicyclic) bond motifs is 3. The number of carbonyl (C=O) groups is 1. The van der Waals surface area contributed by atoms with Crippen LogP contribution in [-0.2, 0) is 9.53 Å². The summed E-state index contributed by atoms with van der Waals surface area (Å²) in [5, 5.41) is 3.10. The highest BCUT2D eigenvalue weighted by atomic mass is 16.5. The Labute approximate surface area is 106 Å². The highest BCUT2D eigenvalue weighted by molar-refractivity contribution is 5.93. The maximum Gasteiger partial charge on any atom is 0.356 e. The van der Waals surface area contributed by atoms with E-state index in [0.29, 0.717) is 19.0 Å². The molecule has 0 bridgehead atoms. The first-order valence-electron chi connectivity index (χ1n) is 6.01. The second-order valence-electron chi connectivity index (χ2n) is 4.14. The fourth-order valence-corrected chi connectivity index (χ4v) is 2.28. The first-order valence-corrected chi connectivity index (χ1v) is 6.01. The first kappa shape index (κ1) is 10.9. The van der Waals surface area contributed by atoms with Crippen molar-refractivity contribution >= 4 is 17.7 Å². The predicted octanol–water partition coefficient (Wildman–Crippen LogP) is 1.86. The van der Waals surface area contributed by atoms with Gasteiger partial charge in [-0.15, -0.1) is 0 Å². The van der Waals surface area contributed by atoms with Gasteiger partial charge < -0.3 is 15.0 Å². The van der Waals surface area contributed by atoms with Crippen molar-refractivity contribution in [2.75, 3.05) is 18.2 Å². The van der Waals surface area contributed by atoms with Crippen molar-refractivity contribution in [2.45, 2.75) is 6.92 Å². The lowest BCUT2D eigenvalue weighted by Gasteiger charge is -2.24. The van der Waals surface area contributed by atoms with Crippen molar-refractivity contribution in [3.05, 3.63) is 47.3 Å². The highest BCUT2D eigenvalue weighted by Gasteiger charge is 2.29. The molecule has 2 aliphatic rings. The lowest BCUT2D eigenvalue weighted by molar-refractivity contribution is -0.138. The minimum Gasteiger partial charge on any atom is -0.461 e. The molecule has 2 heterocycles. The summed E-state index contributed by atoms with van der Waals surface area (Å²) in [7, 11) is 0. The van der Waals surface area contributed by atoms with Gasteiger partial charge in [0.15, 0.2) is 0 Å². The Morgan fingerprint density at radius 3 is 3.06 bits per heavy atom. The number of esters is 1. The largest absolute Gasteiger partial charge is 0.461 e. The molecule has 0 atom stereocenters. The van der Waals surface area contributed by atoms with Crippen molar-refractivity contribution in [1.82, 2.24) is 5.32 Å². The maximum atomic E-state index is 11.8. The van der Waals surface area contributed by atoms with Crippen molar-refractivity contribution < 1.29 is 9.53 Å². The van der Waals surface area contributed by atoms with Crippen LogP contribution < -0.4 is 10.2 Å². The summed E-state index contributed by atoms with van der Waals surface area (Å²) in [6.45, 7) is 2.80. The minimum atomic E-state index is -0.293. The van der Waals surface area contributed by atoms with E-state index in [2.05, 4.69) is 22.3 Å². The number of carbonyl (C=O) groups excluding carboxylic acids is 1. The van der Waals surface area contributed by atoms with E-state index in [1.165, 1.54) is 0 Å². The Balaban J connectivity index is 2.01. The lowest BCUT2D eigenvalue weighted by Crippen LogP contribution is -2.25. The standard InChI is InChI=1S/C14H14N2O2/c1-2-18-14(17)13-12-8-7-10-5-3-4-6-11(10)16(12)9-15-13/h3-8,15H,2,9H2,1H3. The average molecular weight is 242 g/mol. The van der Waals surface area contributed by atoms with Gasteiger partial charge in [0, 0.05) is 0 Å². The Hall–Kier alpha value is -2.23. The van der Waals surface area contributed by atoms with Crippen LogP contribution in [0.2, 0.25) is 0 Å². The second kappa shape index (κ2) is 4.22. The summed E-state index contributed by atoms with van der Waals surface area (Å²) >= 11 is 0. The molecule has 0 saturated heterocycles. The molecule has 0 aromatic heterocycles. The molecular formula is C14H14N2O2. The molecule has 0 fully saturated rings. The van der Waals surface area contributed by atoms with Gasteiger partial charge >= 0.3 is 5.97 Å². The van der Waals surface area contributed by atoms with E-state index < -0.39 is 0 Å². The number of hydrogen-bond donors (Lipinski definition) is 1. The number of nitrogens with one attached hydrogen (secondary N) is 1. The monoisotopic (exact) mass is 242 g/mol. The smallest absolute Gasteiger partial charge is 0.356 e. The number of nitrogens with zero attached hydrogens (tertiary/aromatic N) is 1. The molecule has 1 aromatic carbocycles. The predicted molar refractivity (Wildman–Crippen MR) is 69.6 cm³/mol. The third-order valence-electron chi connectivity index (χ3n) is 3.09. The number of ether oxygens (including phenoxy) is 1. The molecule has 0 radical (unpaired) electrons. The van der Waals surface area contributed by atoms with Gasteiger partial charge in [-0.25, -0.2) is 4.79 Å². The van der Waals surface area contributed by atoms with E-state index in [1.807, 2.05) is 31.2 Å². The van der Waals surface area contributed by atoms with Crippen molar-refractivity contribution in [3.63, 3.8) is 0 Å². The van der Waals surface area contributed by atoms with Gasteiger partial charge in [0.05, 0.1) is 24.7 Å².